The van der Waals surface area contributed by atoms with Gasteiger partial charge in [0.15, 0.2) is 11.3 Å². The van der Waals surface area contributed by atoms with Gasteiger partial charge in [0.05, 0.1) is 6.54 Å². The zero-order valence-corrected chi connectivity index (χ0v) is 16.7. The Morgan fingerprint density at radius 1 is 1.23 bits per heavy atom. The number of hydrogen-bond donors (Lipinski definition) is 2. The van der Waals surface area contributed by atoms with Gasteiger partial charge in [-0.2, -0.15) is 0 Å². The number of aromatic nitrogens is 2. The number of nitrogens with zero attached hydrogens (tertiary/aromatic N) is 2. The van der Waals surface area contributed by atoms with E-state index in [0.29, 0.717) is 19.0 Å². The fourth-order valence-corrected chi connectivity index (χ4v) is 3.31. The third-order valence-electron chi connectivity index (χ3n) is 4.02. The molecule has 1 aromatic carbocycles. The molecule has 0 atom stereocenters. The standard InChI is InChI=1S/C19H20IN3O3/c1-12(2)9-21-15-11-22-6-7-23(10-13-4-3-5-14(20)8-13)19(26)16(22)18(25)17(15)24/h3-8,11-12,21,25H,9-10H2,1-2H3. The second-order valence-corrected chi connectivity index (χ2v) is 7.86. The predicted molar refractivity (Wildman–Crippen MR) is 111 cm³/mol. The summed E-state index contributed by atoms with van der Waals surface area (Å²) in [5.74, 6) is -0.181. The van der Waals surface area contributed by atoms with E-state index in [4.69, 9.17) is 0 Å². The van der Waals surface area contributed by atoms with Crippen LogP contribution in [0.2, 0.25) is 0 Å². The minimum atomic E-state index is -0.560. The van der Waals surface area contributed by atoms with E-state index in [0.717, 1.165) is 9.13 Å². The summed E-state index contributed by atoms with van der Waals surface area (Å²) in [6.07, 6.45) is 4.88. The van der Waals surface area contributed by atoms with Crippen molar-refractivity contribution in [2.45, 2.75) is 20.4 Å². The second-order valence-electron chi connectivity index (χ2n) is 6.61. The molecule has 0 spiro atoms. The first-order valence-electron chi connectivity index (χ1n) is 8.32. The SMILES string of the molecule is CC(C)CNc1cn2ccn(Cc3cccc(I)c3)c(=O)c2c(O)c1=O. The largest absolute Gasteiger partial charge is 0.502 e. The molecular weight excluding hydrogens is 445 g/mol. The number of fused-ring (bicyclic) bond motifs is 1. The average Bonchev–Trinajstić information content (AvgIpc) is 2.59. The van der Waals surface area contributed by atoms with Crippen LogP contribution in [0.3, 0.4) is 0 Å². The van der Waals surface area contributed by atoms with Crippen LogP contribution in [0.4, 0.5) is 5.69 Å². The molecule has 2 N–H and O–H groups in total. The van der Waals surface area contributed by atoms with Crippen LogP contribution in [0.15, 0.2) is 52.4 Å². The number of hydrogen-bond acceptors (Lipinski definition) is 4. The predicted octanol–water partition coefficient (Wildman–Crippen LogP) is 2.89. The molecule has 0 aliphatic carbocycles. The van der Waals surface area contributed by atoms with Gasteiger partial charge in [-0.05, 0) is 46.2 Å². The first kappa shape index (κ1) is 18.5. The fraction of sp³-hybridized carbons (Fsp3) is 0.263. The lowest BCUT2D eigenvalue weighted by atomic mass is 10.2. The smallest absolute Gasteiger partial charge is 0.279 e. The molecule has 26 heavy (non-hydrogen) atoms. The fourth-order valence-electron chi connectivity index (χ4n) is 2.70. The molecule has 3 aromatic rings. The lowest BCUT2D eigenvalue weighted by Crippen LogP contribution is -2.25. The van der Waals surface area contributed by atoms with Gasteiger partial charge in [-0.15, -0.1) is 0 Å². The van der Waals surface area contributed by atoms with Gasteiger partial charge in [0.2, 0.25) is 5.43 Å². The number of anilines is 1. The molecule has 0 fully saturated rings. The molecule has 0 bridgehead atoms. The van der Waals surface area contributed by atoms with Gasteiger partial charge in [0.25, 0.3) is 5.56 Å². The Kier molecular flexibility index (Phi) is 5.36. The highest BCUT2D eigenvalue weighted by Crippen LogP contribution is 2.15. The van der Waals surface area contributed by atoms with Crippen molar-refractivity contribution in [2.75, 3.05) is 11.9 Å². The minimum Gasteiger partial charge on any atom is -0.502 e. The third-order valence-corrected chi connectivity index (χ3v) is 4.69. The summed E-state index contributed by atoms with van der Waals surface area (Å²) in [6, 6.07) is 7.83. The number of nitrogens with one attached hydrogen (secondary N) is 1. The van der Waals surface area contributed by atoms with Crippen molar-refractivity contribution < 1.29 is 5.11 Å². The normalized spacial score (nSPS) is 11.2. The molecular formula is C19H20IN3O3. The molecule has 0 saturated carbocycles. The quantitative estimate of drug-likeness (QED) is 0.569. The summed E-state index contributed by atoms with van der Waals surface area (Å²) < 4.78 is 4.06. The van der Waals surface area contributed by atoms with E-state index in [1.807, 2.05) is 38.1 Å². The van der Waals surface area contributed by atoms with E-state index in [1.165, 1.54) is 8.97 Å². The molecule has 0 aliphatic rings. The van der Waals surface area contributed by atoms with Crippen molar-refractivity contribution in [3.05, 3.63) is 72.6 Å². The van der Waals surface area contributed by atoms with Crippen LogP contribution in [-0.4, -0.2) is 20.6 Å². The molecule has 0 aliphatic heterocycles. The van der Waals surface area contributed by atoms with Crippen molar-refractivity contribution >= 4 is 33.8 Å². The number of benzene rings is 1. The third kappa shape index (κ3) is 3.77. The van der Waals surface area contributed by atoms with Crippen LogP contribution in [0.25, 0.3) is 5.52 Å². The van der Waals surface area contributed by atoms with Gasteiger partial charge in [-0.3, -0.25) is 9.59 Å². The molecule has 0 saturated heterocycles. The van der Waals surface area contributed by atoms with E-state index in [2.05, 4.69) is 27.9 Å². The first-order chi connectivity index (χ1) is 12.4. The number of halogens is 1. The topological polar surface area (TPSA) is 75.7 Å². The maximum absolute atomic E-state index is 12.8. The van der Waals surface area contributed by atoms with Crippen LogP contribution < -0.4 is 16.3 Å². The van der Waals surface area contributed by atoms with Gasteiger partial charge >= 0.3 is 0 Å². The Morgan fingerprint density at radius 3 is 2.69 bits per heavy atom. The van der Waals surface area contributed by atoms with Crippen LogP contribution >= 0.6 is 22.6 Å². The molecule has 7 heteroatoms. The van der Waals surface area contributed by atoms with Crippen molar-refractivity contribution in [3.63, 3.8) is 0 Å². The van der Waals surface area contributed by atoms with Gasteiger partial charge in [0, 0.05) is 28.7 Å². The van der Waals surface area contributed by atoms with Crippen molar-refractivity contribution in [1.82, 2.24) is 8.97 Å². The van der Waals surface area contributed by atoms with Gasteiger partial charge < -0.3 is 19.4 Å². The van der Waals surface area contributed by atoms with Crippen molar-refractivity contribution in [2.24, 2.45) is 5.92 Å². The molecule has 0 unspecified atom stereocenters. The molecule has 2 heterocycles. The Balaban J connectivity index is 2.06. The van der Waals surface area contributed by atoms with E-state index in [-0.39, 0.29) is 11.2 Å². The highest BCUT2D eigenvalue weighted by molar-refractivity contribution is 14.1. The van der Waals surface area contributed by atoms with Gasteiger partial charge in [-0.25, -0.2) is 0 Å². The average molecular weight is 465 g/mol. The van der Waals surface area contributed by atoms with Crippen molar-refractivity contribution in [3.8, 4) is 5.75 Å². The summed E-state index contributed by atoms with van der Waals surface area (Å²) in [6.45, 7) is 5.02. The first-order valence-corrected chi connectivity index (χ1v) is 9.40. The van der Waals surface area contributed by atoms with E-state index in [1.54, 1.807) is 18.6 Å². The van der Waals surface area contributed by atoms with Crippen LogP contribution in [0.1, 0.15) is 19.4 Å². The highest BCUT2D eigenvalue weighted by Gasteiger charge is 2.14. The van der Waals surface area contributed by atoms with Crippen LogP contribution in [0.5, 0.6) is 5.75 Å². The Morgan fingerprint density at radius 2 is 2.00 bits per heavy atom. The Hall–Kier alpha value is -2.29. The summed E-state index contributed by atoms with van der Waals surface area (Å²) in [7, 11) is 0. The van der Waals surface area contributed by atoms with Gasteiger partial charge in [0.1, 0.15) is 5.69 Å². The van der Waals surface area contributed by atoms with Crippen LogP contribution in [-0.2, 0) is 6.54 Å². The zero-order valence-electron chi connectivity index (χ0n) is 14.6. The minimum absolute atomic E-state index is 0.0155. The van der Waals surface area contributed by atoms with Gasteiger partial charge in [-0.1, -0.05) is 26.0 Å². The second kappa shape index (κ2) is 7.53. The molecule has 0 amide bonds. The molecule has 6 nitrogen and oxygen atoms in total. The molecule has 136 valence electrons. The van der Waals surface area contributed by atoms with E-state index in [9.17, 15) is 14.7 Å². The number of aromatic hydroxyl groups is 1. The van der Waals surface area contributed by atoms with E-state index < -0.39 is 16.7 Å². The number of rotatable bonds is 5. The molecule has 0 radical (unpaired) electrons. The monoisotopic (exact) mass is 465 g/mol. The van der Waals surface area contributed by atoms with E-state index >= 15 is 0 Å². The highest BCUT2D eigenvalue weighted by atomic mass is 127. The summed E-state index contributed by atoms with van der Waals surface area (Å²) in [5, 5.41) is 13.4. The Bertz CT molecular complexity index is 1070. The lowest BCUT2D eigenvalue weighted by Gasteiger charge is -2.13. The maximum Gasteiger partial charge on any atom is 0.279 e. The molecule has 3 rings (SSSR count). The summed E-state index contributed by atoms with van der Waals surface area (Å²) >= 11 is 2.22. The maximum atomic E-state index is 12.8. The van der Waals surface area contributed by atoms with Crippen LogP contribution in [0, 0.1) is 9.49 Å². The Labute approximate surface area is 164 Å². The van der Waals surface area contributed by atoms with Crippen molar-refractivity contribution in [1.29, 1.82) is 0 Å². The zero-order chi connectivity index (χ0) is 18.8. The lowest BCUT2D eigenvalue weighted by molar-refractivity contribution is 0.472. The summed E-state index contributed by atoms with van der Waals surface area (Å²) in [4.78, 5) is 25.2. The molecule has 2 aromatic heterocycles. The summed E-state index contributed by atoms with van der Waals surface area (Å²) in [5.41, 5.74) is 0.272. The number of pyridine rings is 1.